The highest BCUT2D eigenvalue weighted by Crippen LogP contribution is 2.12. The topological polar surface area (TPSA) is 78.9 Å². The second kappa shape index (κ2) is 6.05. The molecule has 1 amide bonds. The van der Waals surface area contributed by atoms with Gasteiger partial charge in [-0.2, -0.15) is 0 Å². The summed E-state index contributed by atoms with van der Waals surface area (Å²) in [5.74, 6) is 0.0672. The van der Waals surface area contributed by atoms with Crippen LogP contribution in [0.25, 0.3) is 0 Å². The average molecular weight is 249 g/mol. The molecule has 0 aliphatic heterocycles. The lowest BCUT2D eigenvalue weighted by molar-refractivity contribution is 0.0797. The molecule has 0 spiro atoms. The highest BCUT2D eigenvalue weighted by molar-refractivity contribution is 5.96. The molecule has 0 unspecified atom stereocenters. The van der Waals surface area contributed by atoms with Crippen molar-refractivity contribution in [3.05, 3.63) is 34.9 Å². The number of hydrogen-bond donors (Lipinski definition) is 2. The molecule has 0 fully saturated rings. The number of amides is 1. The van der Waals surface area contributed by atoms with Gasteiger partial charge in [-0.25, -0.2) is 0 Å². The summed E-state index contributed by atoms with van der Waals surface area (Å²) in [5.41, 5.74) is 8.06. The van der Waals surface area contributed by atoms with Gasteiger partial charge in [0, 0.05) is 25.6 Å². The third kappa shape index (κ3) is 3.48. The van der Waals surface area contributed by atoms with Gasteiger partial charge in [0.05, 0.1) is 0 Å². The van der Waals surface area contributed by atoms with Gasteiger partial charge < -0.3 is 15.8 Å². The van der Waals surface area contributed by atoms with E-state index >= 15 is 0 Å². The number of rotatable bonds is 4. The molecule has 0 aromatic heterocycles. The number of nitrogens with zero attached hydrogens (tertiary/aromatic N) is 2. The lowest BCUT2D eigenvalue weighted by atomic mass is 10.0. The quantitative estimate of drug-likeness (QED) is 0.367. The summed E-state index contributed by atoms with van der Waals surface area (Å²) in [6.45, 7) is 4.28. The van der Waals surface area contributed by atoms with E-state index in [1.165, 1.54) is 0 Å². The van der Waals surface area contributed by atoms with Crippen LogP contribution in [0.3, 0.4) is 0 Å². The van der Waals surface area contributed by atoms with Crippen molar-refractivity contribution < 1.29 is 10.0 Å². The third-order valence-electron chi connectivity index (χ3n) is 2.80. The van der Waals surface area contributed by atoms with Crippen LogP contribution in [0.15, 0.2) is 23.4 Å². The van der Waals surface area contributed by atoms with Crippen LogP contribution in [0.4, 0.5) is 0 Å². The zero-order chi connectivity index (χ0) is 13.7. The highest BCUT2D eigenvalue weighted by Gasteiger charge is 2.14. The SMILES string of the molecule is Cc1ccc(C)c(C(=O)N(C)CC/C(N)=N/O)c1. The molecule has 98 valence electrons. The first kappa shape index (κ1) is 14.0. The Morgan fingerprint density at radius 1 is 1.44 bits per heavy atom. The van der Waals surface area contributed by atoms with E-state index in [9.17, 15) is 4.79 Å². The zero-order valence-corrected chi connectivity index (χ0v) is 11.0. The van der Waals surface area contributed by atoms with Gasteiger partial charge in [0.25, 0.3) is 5.91 Å². The van der Waals surface area contributed by atoms with E-state index in [1.54, 1.807) is 11.9 Å². The van der Waals surface area contributed by atoms with Crippen molar-refractivity contribution in [2.75, 3.05) is 13.6 Å². The fourth-order valence-electron chi connectivity index (χ4n) is 1.61. The summed E-state index contributed by atoms with van der Waals surface area (Å²) >= 11 is 0. The molecule has 0 aliphatic rings. The van der Waals surface area contributed by atoms with Crippen molar-refractivity contribution in [3.63, 3.8) is 0 Å². The van der Waals surface area contributed by atoms with E-state index in [1.807, 2.05) is 32.0 Å². The number of benzene rings is 1. The summed E-state index contributed by atoms with van der Waals surface area (Å²) in [7, 11) is 1.70. The zero-order valence-electron chi connectivity index (χ0n) is 11.0. The Bertz CT molecular complexity index is 469. The van der Waals surface area contributed by atoms with Gasteiger partial charge in [0.1, 0.15) is 5.84 Å². The maximum Gasteiger partial charge on any atom is 0.253 e. The van der Waals surface area contributed by atoms with Gasteiger partial charge >= 0.3 is 0 Å². The summed E-state index contributed by atoms with van der Waals surface area (Å²) in [6, 6.07) is 5.78. The lowest BCUT2D eigenvalue weighted by Crippen LogP contribution is -2.31. The number of carbonyl (C=O) groups excluding carboxylic acids is 1. The predicted octanol–water partition coefficient (Wildman–Crippen LogP) is 1.51. The summed E-state index contributed by atoms with van der Waals surface area (Å²) < 4.78 is 0. The fraction of sp³-hybridized carbons (Fsp3) is 0.385. The molecule has 18 heavy (non-hydrogen) atoms. The van der Waals surface area contributed by atoms with E-state index in [2.05, 4.69) is 5.16 Å². The van der Waals surface area contributed by atoms with E-state index in [4.69, 9.17) is 10.9 Å². The largest absolute Gasteiger partial charge is 0.409 e. The van der Waals surface area contributed by atoms with Crippen molar-refractivity contribution >= 4 is 11.7 Å². The van der Waals surface area contributed by atoms with E-state index in [0.29, 0.717) is 18.5 Å². The molecule has 5 nitrogen and oxygen atoms in total. The van der Waals surface area contributed by atoms with Gasteiger partial charge in [0.15, 0.2) is 0 Å². The third-order valence-corrected chi connectivity index (χ3v) is 2.80. The Hall–Kier alpha value is -2.04. The molecule has 0 bridgehead atoms. The van der Waals surface area contributed by atoms with Crippen LogP contribution in [-0.2, 0) is 0 Å². The molecule has 1 aromatic rings. The number of hydrogen-bond acceptors (Lipinski definition) is 3. The molecule has 3 N–H and O–H groups in total. The molecule has 0 saturated carbocycles. The van der Waals surface area contributed by atoms with Crippen LogP contribution in [0.1, 0.15) is 27.9 Å². The molecule has 0 radical (unpaired) electrons. The Balaban J connectivity index is 2.77. The number of carbonyl (C=O) groups is 1. The smallest absolute Gasteiger partial charge is 0.253 e. The van der Waals surface area contributed by atoms with Gasteiger partial charge in [-0.05, 0) is 25.5 Å². The number of aryl methyl sites for hydroxylation is 2. The second-order valence-corrected chi connectivity index (χ2v) is 4.39. The maximum atomic E-state index is 12.2. The van der Waals surface area contributed by atoms with E-state index in [-0.39, 0.29) is 11.7 Å². The van der Waals surface area contributed by atoms with Crippen molar-refractivity contribution in [2.45, 2.75) is 20.3 Å². The van der Waals surface area contributed by atoms with Gasteiger partial charge in [-0.1, -0.05) is 22.9 Å². The van der Waals surface area contributed by atoms with Crippen molar-refractivity contribution in [1.82, 2.24) is 4.90 Å². The van der Waals surface area contributed by atoms with Crippen LogP contribution in [0, 0.1) is 13.8 Å². The van der Waals surface area contributed by atoms with Crippen LogP contribution < -0.4 is 5.73 Å². The van der Waals surface area contributed by atoms with Gasteiger partial charge in [-0.15, -0.1) is 0 Å². The Kier molecular flexibility index (Phi) is 4.71. The number of amidine groups is 1. The molecule has 0 atom stereocenters. The normalized spacial score (nSPS) is 11.4. The fourth-order valence-corrected chi connectivity index (χ4v) is 1.61. The minimum Gasteiger partial charge on any atom is -0.409 e. The van der Waals surface area contributed by atoms with Crippen molar-refractivity contribution in [2.24, 2.45) is 10.9 Å². The standard InChI is InChI=1S/C13H19N3O2/c1-9-4-5-10(2)11(8-9)13(17)16(3)7-6-12(14)15-18/h4-5,8,18H,6-7H2,1-3H3,(H2,14,15). The average Bonchev–Trinajstić information content (AvgIpc) is 2.37. The number of nitrogens with two attached hydrogens (primary N) is 1. The van der Waals surface area contributed by atoms with Crippen molar-refractivity contribution in [1.29, 1.82) is 0 Å². The first-order valence-corrected chi connectivity index (χ1v) is 5.75. The highest BCUT2D eigenvalue weighted by atomic mass is 16.4. The monoisotopic (exact) mass is 249 g/mol. The molecule has 0 saturated heterocycles. The minimum absolute atomic E-state index is 0.0538. The molecular weight excluding hydrogens is 230 g/mol. The van der Waals surface area contributed by atoms with Gasteiger partial charge in [-0.3, -0.25) is 4.79 Å². The summed E-state index contributed by atoms with van der Waals surface area (Å²) in [6.07, 6.45) is 0.351. The Morgan fingerprint density at radius 3 is 2.72 bits per heavy atom. The van der Waals surface area contributed by atoms with Crippen LogP contribution >= 0.6 is 0 Å². The number of oxime groups is 1. The molecular formula is C13H19N3O2. The van der Waals surface area contributed by atoms with Crippen molar-refractivity contribution in [3.8, 4) is 0 Å². The Labute approximate surface area is 107 Å². The van der Waals surface area contributed by atoms with Crippen LogP contribution in [0.2, 0.25) is 0 Å². The first-order chi connectivity index (χ1) is 8.45. The van der Waals surface area contributed by atoms with Crippen LogP contribution in [0.5, 0.6) is 0 Å². The lowest BCUT2D eigenvalue weighted by Gasteiger charge is -2.18. The van der Waals surface area contributed by atoms with E-state index < -0.39 is 0 Å². The second-order valence-electron chi connectivity index (χ2n) is 4.39. The molecule has 0 heterocycles. The molecule has 0 aliphatic carbocycles. The summed E-state index contributed by atoms with van der Waals surface area (Å²) in [4.78, 5) is 13.8. The molecule has 1 rings (SSSR count). The van der Waals surface area contributed by atoms with E-state index in [0.717, 1.165) is 11.1 Å². The Morgan fingerprint density at radius 2 is 2.11 bits per heavy atom. The molecule has 1 aromatic carbocycles. The van der Waals surface area contributed by atoms with Gasteiger partial charge in [0.2, 0.25) is 0 Å². The van der Waals surface area contributed by atoms with Crippen LogP contribution in [-0.4, -0.2) is 35.4 Å². The summed E-state index contributed by atoms with van der Waals surface area (Å²) in [5, 5.41) is 11.3. The first-order valence-electron chi connectivity index (χ1n) is 5.75. The minimum atomic E-state index is -0.0538. The molecule has 5 heteroatoms. The maximum absolute atomic E-state index is 12.2. The predicted molar refractivity (Wildman–Crippen MR) is 70.9 cm³/mol.